The van der Waals surface area contributed by atoms with E-state index in [1.54, 1.807) is 12.1 Å². The van der Waals surface area contributed by atoms with Crippen molar-refractivity contribution in [3.63, 3.8) is 0 Å². The van der Waals surface area contributed by atoms with E-state index in [0.29, 0.717) is 12.1 Å². The fourth-order valence-electron chi connectivity index (χ4n) is 1.75. The number of hydrogen-bond acceptors (Lipinski definition) is 4. The number of nitrogens with zero attached hydrogens (tertiary/aromatic N) is 1. The highest BCUT2D eigenvalue weighted by molar-refractivity contribution is 7.88. The molecule has 0 atom stereocenters. The van der Waals surface area contributed by atoms with E-state index in [1.165, 1.54) is 0 Å². The second-order valence-electron chi connectivity index (χ2n) is 4.68. The van der Waals surface area contributed by atoms with Crippen LogP contribution in [0.5, 0.6) is 0 Å². The minimum Gasteiger partial charge on any atom is -0.379 e. The van der Waals surface area contributed by atoms with Crippen LogP contribution in [0, 0.1) is 6.92 Å². The molecule has 1 aromatic carbocycles. The second-order valence-corrected chi connectivity index (χ2v) is 6.30. The Hall–Kier alpha value is -1.92. The maximum absolute atomic E-state index is 11.0. The Kier molecular flexibility index (Phi) is 4.36. The van der Waals surface area contributed by atoms with E-state index in [0.717, 1.165) is 16.9 Å². The highest BCUT2D eigenvalue weighted by Gasteiger charge is 2.04. The summed E-state index contributed by atoms with van der Waals surface area (Å²) in [5, 5.41) is 8.23. The minimum atomic E-state index is -3.48. The van der Waals surface area contributed by atoms with Crippen molar-refractivity contribution in [3.8, 4) is 0 Å². The number of aryl methyl sites for hydroxylation is 1. The molecule has 6 heteroatoms. The van der Waals surface area contributed by atoms with Crippen molar-refractivity contribution in [2.24, 2.45) is 5.14 Å². The summed E-state index contributed by atoms with van der Waals surface area (Å²) in [6.07, 6.45) is 1.83. The van der Waals surface area contributed by atoms with Crippen LogP contribution in [-0.2, 0) is 22.3 Å². The van der Waals surface area contributed by atoms with Crippen LogP contribution in [0.25, 0.3) is 0 Å². The Balaban J connectivity index is 1.95. The number of nitrogens with one attached hydrogen (secondary N) is 1. The first-order valence-corrected chi connectivity index (χ1v) is 7.89. The number of primary sulfonamides is 1. The lowest BCUT2D eigenvalue weighted by molar-refractivity contribution is 0.597. The molecule has 0 saturated carbocycles. The second kappa shape index (κ2) is 6.02. The third-order valence-corrected chi connectivity index (χ3v) is 3.50. The summed E-state index contributed by atoms with van der Waals surface area (Å²) in [5.74, 6) is -0.146. The Morgan fingerprint density at radius 1 is 1.15 bits per heavy atom. The molecule has 0 radical (unpaired) electrons. The quantitative estimate of drug-likeness (QED) is 0.879. The van der Waals surface area contributed by atoms with Crippen LogP contribution in [-0.4, -0.2) is 13.4 Å². The third kappa shape index (κ3) is 4.64. The summed E-state index contributed by atoms with van der Waals surface area (Å²) in [6, 6.07) is 11.1. The number of rotatable bonds is 5. The molecule has 0 aliphatic carbocycles. The number of nitrogens with two attached hydrogens (primary N) is 1. The molecule has 0 aliphatic rings. The van der Waals surface area contributed by atoms with Crippen molar-refractivity contribution in [1.29, 1.82) is 0 Å². The summed E-state index contributed by atoms with van der Waals surface area (Å²) in [5.41, 5.74) is 3.65. The molecule has 0 saturated heterocycles. The van der Waals surface area contributed by atoms with Gasteiger partial charge in [0.2, 0.25) is 10.0 Å². The van der Waals surface area contributed by atoms with Crippen LogP contribution in [0.15, 0.2) is 42.6 Å². The number of hydrogen-bond donors (Lipinski definition) is 2. The van der Waals surface area contributed by atoms with Crippen molar-refractivity contribution in [2.75, 3.05) is 5.32 Å². The van der Waals surface area contributed by atoms with Gasteiger partial charge in [-0.2, -0.15) is 0 Å². The van der Waals surface area contributed by atoms with Gasteiger partial charge in [-0.3, -0.25) is 4.98 Å². The molecule has 2 rings (SSSR count). The molecule has 106 valence electrons. The van der Waals surface area contributed by atoms with Gasteiger partial charge < -0.3 is 5.32 Å². The summed E-state index contributed by atoms with van der Waals surface area (Å²) in [4.78, 5) is 4.30. The van der Waals surface area contributed by atoms with Crippen molar-refractivity contribution < 1.29 is 8.42 Å². The molecule has 5 nitrogen and oxygen atoms in total. The zero-order valence-electron chi connectivity index (χ0n) is 11.2. The standard InChI is InChI=1S/C14H17N3O2S/c1-11-2-5-14(16-8-11)9-17-13-6-3-12(4-7-13)10-20(15,18)19/h2-8,17H,9-10H2,1H3,(H2,15,18,19). The van der Waals surface area contributed by atoms with E-state index in [4.69, 9.17) is 5.14 Å². The summed E-state index contributed by atoms with van der Waals surface area (Å²) in [7, 11) is -3.48. The van der Waals surface area contributed by atoms with Gasteiger partial charge in [0.05, 0.1) is 18.0 Å². The molecule has 0 fully saturated rings. The Morgan fingerprint density at radius 2 is 1.85 bits per heavy atom. The number of benzene rings is 1. The van der Waals surface area contributed by atoms with Gasteiger partial charge in [-0.1, -0.05) is 18.2 Å². The fraction of sp³-hybridized carbons (Fsp3) is 0.214. The third-order valence-electron chi connectivity index (χ3n) is 2.77. The SMILES string of the molecule is Cc1ccc(CNc2ccc(CS(N)(=O)=O)cc2)nc1. The van der Waals surface area contributed by atoms with Crippen molar-refractivity contribution >= 4 is 15.7 Å². The van der Waals surface area contributed by atoms with Crippen LogP contribution < -0.4 is 10.5 Å². The Labute approximate surface area is 118 Å². The highest BCUT2D eigenvalue weighted by atomic mass is 32.2. The van der Waals surface area contributed by atoms with Crippen LogP contribution >= 0.6 is 0 Å². The summed E-state index contributed by atoms with van der Waals surface area (Å²) >= 11 is 0. The van der Waals surface area contributed by atoms with E-state index in [-0.39, 0.29) is 5.75 Å². The molecule has 0 unspecified atom stereocenters. The molecular formula is C14H17N3O2S. The molecule has 0 amide bonds. The van der Waals surface area contributed by atoms with E-state index in [1.807, 2.05) is 37.4 Å². The molecule has 3 N–H and O–H groups in total. The van der Waals surface area contributed by atoms with Gasteiger partial charge in [0.1, 0.15) is 0 Å². The maximum atomic E-state index is 11.0. The average Bonchev–Trinajstić information content (AvgIpc) is 2.38. The molecule has 0 aliphatic heterocycles. The van der Waals surface area contributed by atoms with Crippen molar-refractivity contribution in [1.82, 2.24) is 4.98 Å². The minimum absolute atomic E-state index is 0.146. The van der Waals surface area contributed by atoms with E-state index < -0.39 is 10.0 Å². The number of anilines is 1. The van der Waals surface area contributed by atoms with Crippen molar-refractivity contribution in [3.05, 3.63) is 59.4 Å². The molecule has 0 bridgehead atoms. The Morgan fingerprint density at radius 3 is 2.40 bits per heavy atom. The molecule has 20 heavy (non-hydrogen) atoms. The predicted molar refractivity (Wildman–Crippen MR) is 79.6 cm³/mol. The zero-order chi connectivity index (χ0) is 14.6. The van der Waals surface area contributed by atoms with Gasteiger partial charge in [0.15, 0.2) is 0 Å². The van der Waals surface area contributed by atoms with Gasteiger partial charge in [-0.15, -0.1) is 0 Å². The largest absolute Gasteiger partial charge is 0.379 e. The highest BCUT2D eigenvalue weighted by Crippen LogP contribution is 2.12. The zero-order valence-corrected chi connectivity index (χ0v) is 12.0. The topological polar surface area (TPSA) is 85.1 Å². The Bertz CT molecular complexity index is 665. The number of aromatic nitrogens is 1. The number of pyridine rings is 1. The first-order chi connectivity index (χ1) is 9.42. The lowest BCUT2D eigenvalue weighted by atomic mass is 10.2. The van der Waals surface area contributed by atoms with Gasteiger partial charge in [-0.05, 0) is 36.2 Å². The van der Waals surface area contributed by atoms with Gasteiger partial charge in [-0.25, -0.2) is 13.6 Å². The maximum Gasteiger partial charge on any atom is 0.213 e. The van der Waals surface area contributed by atoms with Crippen LogP contribution in [0.2, 0.25) is 0 Å². The van der Waals surface area contributed by atoms with E-state index in [2.05, 4.69) is 10.3 Å². The van der Waals surface area contributed by atoms with Gasteiger partial charge >= 0.3 is 0 Å². The smallest absolute Gasteiger partial charge is 0.213 e. The summed E-state index contributed by atoms with van der Waals surface area (Å²) in [6.45, 7) is 2.61. The first-order valence-electron chi connectivity index (χ1n) is 6.17. The van der Waals surface area contributed by atoms with E-state index in [9.17, 15) is 8.42 Å². The van der Waals surface area contributed by atoms with Crippen LogP contribution in [0.3, 0.4) is 0 Å². The predicted octanol–water partition coefficient (Wildman–Crippen LogP) is 1.79. The lowest BCUT2D eigenvalue weighted by Gasteiger charge is -2.07. The van der Waals surface area contributed by atoms with Crippen LogP contribution in [0.1, 0.15) is 16.8 Å². The molecule has 1 heterocycles. The normalized spacial score (nSPS) is 11.3. The monoisotopic (exact) mass is 291 g/mol. The fourth-order valence-corrected chi connectivity index (χ4v) is 2.40. The first kappa shape index (κ1) is 14.5. The van der Waals surface area contributed by atoms with Gasteiger partial charge in [0, 0.05) is 11.9 Å². The van der Waals surface area contributed by atoms with Crippen LogP contribution in [0.4, 0.5) is 5.69 Å². The summed E-state index contributed by atoms with van der Waals surface area (Å²) < 4.78 is 22.0. The molecule has 2 aromatic rings. The van der Waals surface area contributed by atoms with Crippen molar-refractivity contribution in [2.45, 2.75) is 19.2 Å². The molecule has 0 spiro atoms. The van der Waals surface area contributed by atoms with Gasteiger partial charge in [0.25, 0.3) is 0 Å². The number of sulfonamides is 1. The molecular weight excluding hydrogens is 274 g/mol. The molecule has 1 aromatic heterocycles. The lowest BCUT2D eigenvalue weighted by Crippen LogP contribution is -2.14. The van der Waals surface area contributed by atoms with E-state index >= 15 is 0 Å². The average molecular weight is 291 g/mol.